The zero-order valence-corrected chi connectivity index (χ0v) is 51.6. The Morgan fingerprint density at radius 1 is 0.373 bits per heavy atom. The van der Waals surface area contributed by atoms with Crippen LogP contribution < -0.4 is 0 Å². The van der Waals surface area contributed by atoms with Gasteiger partial charge < -0.3 is 19.4 Å². The molecule has 0 bridgehead atoms. The van der Waals surface area contributed by atoms with Crippen LogP contribution in [-0.2, 0) is 19.1 Å². The first-order chi connectivity index (χ1) is 36.9. The van der Waals surface area contributed by atoms with Gasteiger partial charge in [0.05, 0.1) is 6.61 Å². The van der Waals surface area contributed by atoms with E-state index in [9.17, 15) is 14.4 Å². The van der Waals surface area contributed by atoms with E-state index in [0.717, 1.165) is 103 Å². The van der Waals surface area contributed by atoms with Gasteiger partial charge in [-0.15, -0.1) is 0 Å². The maximum absolute atomic E-state index is 14.2. The molecule has 2 atom stereocenters. The first kappa shape index (κ1) is 71.4. The van der Waals surface area contributed by atoms with E-state index >= 15 is 0 Å². The fourth-order valence-electron chi connectivity index (χ4n) is 11.8. The zero-order valence-electron chi connectivity index (χ0n) is 51.6. The molecule has 7 heteroatoms. The summed E-state index contributed by atoms with van der Waals surface area (Å²) in [4.78, 5) is 47.7. The highest BCUT2D eigenvalue weighted by Gasteiger charge is 2.24. The molecule has 7 nitrogen and oxygen atoms in total. The van der Waals surface area contributed by atoms with Gasteiger partial charge in [0.15, 0.2) is 0 Å². The number of amides is 2. The average Bonchev–Trinajstić information content (AvgIpc) is 3.95. The van der Waals surface area contributed by atoms with Gasteiger partial charge in [0.25, 0.3) is 0 Å². The average molecular weight is 1060 g/mol. The van der Waals surface area contributed by atoms with Gasteiger partial charge in [0, 0.05) is 51.5 Å². The second kappa shape index (κ2) is 55.7. The van der Waals surface area contributed by atoms with Crippen molar-refractivity contribution in [3.05, 3.63) is 0 Å². The molecule has 1 heterocycles. The van der Waals surface area contributed by atoms with Gasteiger partial charge in [-0.1, -0.05) is 272 Å². The Bertz CT molecular complexity index is 1200. The van der Waals surface area contributed by atoms with E-state index < -0.39 is 0 Å². The second-order valence-corrected chi connectivity index (χ2v) is 24.2. The van der Waals surface area contributed by atoms with Crippen molar-refractivity contribution in [2.75, 3.05) is 45.9 Å². The van der Waals surface area contributed by atoms with Crippen LogP contribution in [0, 0.1) is 5.92 Å². The molecular weight excluding hydrogens is 923 g/mol. The summed E-state index contributed by atoms with van der Waals surface area (Å²) in [6.07, 6.45) is 61.9. The van der Waals surface area contributed by atoms with Crippen molar-refractivity contribution in [3.8, 4) is 0 Å². The summed E-state index contributed by atoms with van der Waals surface area (Å²) in [5.41, 5.74) is 0. The van der Waals surface area contributed by atoms with E-state index in [4.69, 9.17) is 4.74 Å². The van der Waals surface area contributed by atoms with Gasteiger partial charge in [-0.3, -0.25) is 14.4 Å². The number of unbranched alkanes of at least 4 members (excludes halogenated alkanes) is 35. The molecule has 0 aromatic rings. The van der Waals surface area contributed by atoms with E-state index in [1.807, 2.05) is 0 Å². The molecule has 0 saturated carbocycles. The number of nitrogens with zero attached hydrogens (tertiary/aromatic N) is 3. The Balaban J connectivity index is 2.72. The standard InChI is InChI=1S/C68H133N3O4/c1-6-11-16-20-23-30-37-45-59-70(60-46-38-31-24-21-17-12-7-2)66(72)54-43-35-28-26-33-41-52-65(71(61-47-39-32-25-22-18-13-8-3)67(73)56-62-69-57-48-49-58-69)53-42-34-27-29-36-44-55-68(74)75-63-64(50-15-10-5)51-40-19-14-9-4/h64-65H,6-63H2,1-5H3. The molecule has 0 N–H and O–H groups in total. The summed E-state index contributed by atoms with van der Waals surface area (Å²) < 4.78 is 5.82. The van der Waals surface area contributed by atoms with Gasteiger partial charge in [-0.05, 0) is 89.6 Å². The van der Waals surface area contributed by atoms with E-state index in [1.54, 1.807) is 0 Å². The number of ether oxygens (including phenoxy) is 1. The molecule has 1 aliphatic rings. The van der Waals surface area contributed by atoms with Crippen LogP contribution in [0.15, 0.2) is 0 Å². The molecule has 75 heavy (non-hydrogen) atoms. The van der Waals surface area contributed by atoms with Gasteiger partial charge in [-0.25, -0.2) is 0 Å². The maximum Gasteiger partial charge on any atom is 0.305 e. The Morgan fingerprint density at radius 3 is 1.20 bits per heavy atom. The van der Waals surface area contributed by atoms with Crippen LogP contribution >= 0.6 is 0 Å². The van der Waals surface area contributed by atoms with E-state index in [1.165, 1.54) is 250 Å². The van der Waals surface area contributed by atoms with Crippen LogP contribution in [0.4, 0.5) is 0 Å². The number of rotatable bonds is 59. The third-order valence-electron chi connectivity index (χ3n) is 17.0. The van der Waals surface area contributed by atoms with E-state index in [0.29, 0.717) is 43.2 Å². The SMILES string of the molecule is CCCCCCCCCCN(CCCCCCCCCC)C(=O)CCCCCCCCC(CCCCCCCCC(=O)OCC(CCCC)CCCCCC)N(CCCCCCCCCC)C(=O)CCN1CCCC1. The van der Waals surface area contributed by atoms with Crippen LogP contribution in [0.2, 0.25) is 0 Å². The van der Waals surface area contributed by atoms with Crippen molar-refractivity contribution in [2.45, 2.75) is 368 Å². The Morgan fingerprint density at radius 2 is 0.733 bits per heavy atom. The van der Waals surface area contributed by atoms with Crippen molar-refractivity contribution < 1.29 is 19.1 Å². The largest absolute Gasteiger partial charge is 0.465 e. The minimum absolute atomic E-state index is 0.00416. The van der Waals surface area contributed by atoms with E-state index in [-0.39, 0.29) is 5.97 Å². The molecule has 0 spiro atoms. The molecule has 1 rings (SSSR count). The van der Waals surface area contributed by atoms with E-state index in [2.05, 4.69) is 49.3 Å². The third kappa shape index (κ3) is 44.9. The van der Waals surface area contributed by atoms with Crippen molar-refractivity contribution in [2.24, 2.45) is 5.92 Å². The molecule has 1 aliphatic heterocycles. The molecule has 444 valence electrons. The normalized spacial score (nSPS) is 13.7. The minimum atomic E-state index is 0.00416. The van der Waals surface area contributed by atoms with Crippen molar-refractivity contribution in [1.82, 2.24) is 14.7 Å². The van der Waals surface area contributed by atoms with Crippen LogP contribution in [0.25, 0.3) is 0 Å². The highest BCUT2D eigenvalue weighted by atomic mass is 16.5. The lowest BCUT2D eigenvalue weighted by atomic mass is 9.96. The van der Waals surface area contributed by atoms with Crippen LogP contribution in [0.5, 0.6) is 0 Å². The quantitative estimate of drug-likeness (QED) is 0.0448. The smallest absolute Gasteiger partial charge is 0.305 e. The lowest BCUT2D eigenvalue weighted by molar-refractivity contribution is -0.145. The highest BCUT2D eigenvalue weighted by molar-refractivity contribution is 5.77. The van der Waals surface area contributed by atoms with Crippen LogP contribution in [0.3, 0.4) is 0 Å². The first-order valence-electron chi connectivity index (χ1n) is 34.3. The molecule has 0 aromatic carbocycles. The summed E-state index contributed by atoms with van der Waals surface area (Å²) in [5.74, 6) is 1.34. The van der Waals surface area contributed by atoms with Crippen molar-refractivity contribution in [3.63, 3.8) is 0 Å². The number of carbonyl (C=O) groups excluding carboxylic acids is 3. The lowest BCUT2D eigenvalue weighted by Crippen LogP contribution is -2.42. The summed E-state index contributed by atoms with van der Waals surface area (Å²) in [5, 5.41) is 0. The number of carbonyl (C=O) groups is 3. The van der Waals surface area contributed by atoms with Crippen LogP contribution in [-0.4, -0.2) is 84.4 Å². The predicted octanol–water partition coefficient (Wildman–Crippen LogP) is 20.5. The molecule has 1 fully saturated rings. The number of hydrogen-bond acceptors (Lipinski definition) is 5. The van der Waals surface area contributed by atoms with Gasteiger partial charge >= 0.3 is 5.97 Å². The zero-order chi connectivity index (χ0) is 54.3. The summed E-state index contributed by atoms with van der Waals surface area (Å²) >= 11 is 0. The predicted molar refractivity (Wildman–Crippen MR) is 327 cm³/mol. The Hall–Kier alpha value is -1.63. The van der Waals surface area contributed by atoms with Gasteiger partial charge in [0.1, 0.15) is 0 Å². The summed E-state index contributed by atoms with van der Waals surface area (Å²) in [6, 6.07) is 0.342. The second-order valence-electron chi connectivity index (χ2n) is 24.2. The summed E-state index contributed by atoms with van der Waals surface area (Å²) in [6.45, 7) is 18.1. The molecule has 0 aromatic heterocycles. The topological polar surface area (TPSA) is 70.2 Å². The Kier molecular flexibility index (Phi) is 53.0. The fourth-order valence-corrected chi connectivity index (χ4v) is 11.8. The number of likely N-dealkylation sites (tertiary alicyclic amines) is 1. The minimum Gasteiger partial charge on any atom is -0.465 e. The third-order valence-corrected chi connectivity index (χ3v) is 17.0. The van der Waals surface area contributed by atoms with Crippen molar-refractivity contribution >= 4 is 17.8 Å². The molecule has 1 saturated heterocycles. The molecular formula is C68H133N3O4. The van der Waals surface area contributed by atoms with Gasteiger partial charge in [0.2, 0.25) is 11.8 Å². The molecule has 0 aliphatic carbocycles. The number of hydrogen-bond donors (Lipinski definition) is 0. The number of esters is 1. The van der Waals surface area contributed by atoms with Crippen LogP contribution in [0.1, 0.15) is 362 Å². The summed E-state index contributed by atoms with van der Waals surface area (Å²) in [7, 11) is 0. The Labute approximate surface area is 469 Å². The molecule has 2 amide bonds. The molecule has 0 radical (unpaired) electrons. The monoisotopic (exact) mass is 1060 g/mol. The highest BCUT2D eigenvalue weighted by Crippen LogP contribution is 2.24. The first-order valence-corrected chi connectivity index (χ1v) is 34.3. The van der Waals surface area contributed by atoms with Gasteiger partial charge in [-0.2, -0.15) is 0 Å². The lowest BCUT2D eigenvalue weighted by Gasteiger charge is -2.33. The molecule has 2 unspecified atom stereocenters. The maximum atomic E-state index is 14.2. The van der Waals surface area contributed by atoms with Crippen molar-refractivity contribution in [1.29, 1.82) is 0 Å². The fraction of sp³-hybridized carbons (Fsp3) is 0.956.